The van der Waals surface area contributed by atoms with E-state index in [1.807, 2.05) is 230 Å². The second kappa shape index (κ2) is 42.5. The third-order valence-electron chi connectivity index (χ3n) is 28.0. The molecule has 744 valence electrons. The fraction of sp³-hybridized carbons (Fsp3) is 0.292. The Morgan fingerprint density at radius 2 is 0.774 bits per heavy atom. The molecular weight excluding hydrogens is 1840 g/mol. The van der Waals surface area contributed by atoms with Gasteiger partial charge in [0.1, 0.15) is 50.8 Å². The summed E-state index contributed by atoms with van der Waals surface area (Å²) in [7, 11) is 9.58. The molecule has 33 heteroatoms. The predicted molar refractivity (Wildman–Crippen MR) is 576 cm³/mol. The molecule has 0 unspecified atom stereocenters. The second-order valence-electron chi connectivity index (χ2n) is 38.3. The average molecular weight is 1960 g/mol. The highest BCUT2D eigenvalue weighted by atomic mass is 16.5. The molecule has 5 aliphatic heterocycles. The minimum absolute atomic E-state index is 0.0677. The minimum atomic E-state index is -0.121. The lowest BCUT2D eigenvalue weighted by atomic mass is 10.0. The van der Waals surface area contributed by atoms with Gasteiger partial charge in [-0.2, -0.15) is 0 Å². The van der Waals surface area contributed by atoms with Gasteiger partial charge in [0.2, 0.25) is 0 Å². The number of rotatable bonds is 17. The molecule has 0 radical (unpaired) electrons. The van der Waals surface area contributed by atoms with E-state index in [0.29, 0.717) is 86.8 Å². The van der Waals surface area contributed by atoms with Gasteiger partial charge >= 0.3 is 0 Å². The minimum Gasteiger partial charge on any atom is -0.493 e. The smallest absolute Gasteiger partial charge is 0.258 e. The lowest BCUT2D eigenvalue weighted by molar-refractivity contribution is 0.249. The van der Waals surface area contributed by atoms with Crippen LogP contribution in [0.15, 0.2) is 274 Å². The van der Waals surface area contributed by atoms with Gasteiger partial charge in [0.25, 0.3) is 27.8 Å². The van der Waals surface area contributed by atoms with E-state index in [1.165, 1.54) is 16.7 Å². The van der Waals surface area contributed by atoms with Crippen molar-refractivity contribution >= 4 is 78.9 Å². The van der Waals surface area contributed by atoms with Crippen molar-refractivity contribution in [3.63, 3.8) is 0 Å². The van der Waals surface area contributed by atoms with Gasteiger partial charge in [0, 0.05) is 216 Å². The van der Waals surface area contributed by atoms with Crippen LogP contribution in [0.4, 0.5) is 11.4 Å². The SMILES string of the molecule is CCN1CC=C(c2ccc3nc(-c4ccc5nc(C)cn5c4)cc(=O)n3c2)CC1.COc1ccc(-c2cc(=O)n3cc(N4CCC(NCCO)CC4)cc(C)c3n2)cc1OC.Cc1cn2cc(-c3cc(=O)n4cc(C5=CCN(C)CC5)ccc4n3)ccc2n1.Cc1cn2cc(-c3cc(=O)n4cc(C5=CCNCC5)ccc4n3)ccc2n1.Cc1cn2cc(-c3cc(=O)n4cc(N5CCC(N(C)C)CC5)ccc4n3)ccc2n1. The van der Waals surface area contributed by atoms with E-state index in [9.17, 15) is 24.0 Å². The molecule has 0 bridgehead atoms. The summed E-state index contributed by atoms with van der Waals surface area (Å²) in [6, 6.07) is 48.2. The molecule has 0 saturated carbocycles. The van der Waals surface area contributed by atoms with E-state index in [-0.39, 0.29) is 34.4 Å². The van der Waals surface area contributed by atoms with Crippen molar-refractivity contribution in [2.45, 2.75) is 98.6 Å². The Kier molecular flexibility index (Phi) is 28.3. The number of hydrogen-bond donors (Lipinski definition) is 3. The van der Waals surface area contributed by atoms with Gasteiger partial charge in [-0.15, -0.1) is 0 Å². The number of benzene rings is 1. The number of aryl methyl sites for hydroxylation is 5. The molecule has 0 amide bonds. The Balaban J connectivity index is 0.000000111. The number of nitrogens with zero attached hydrogens (tertiary/aromatic N) is 23. The molecule has 2 saturated heterocycles. The first-order valence-electron chi connectivity index (χ1n) is 49.8. The van der Waals surface area contributed by atoms with Crippen LogP contribution in [-0.4, -0.2) is 237 Å². The molecule has 0 spiro atoms. The van der Waals surface area contributed by atoms with Gasteiger partial charge in [0.15, 0.2) is 11.5 Å². The third kappa shape index (κ3) is 21.3. The van der Waals surface area contributed by atoms with Crippen LogP contribution in [0.25, 0.3) is 124 Å². The molecule has 1 aromatic carbocycles. The number of aliphatic hydroxyl groups excluding tert-OH is 1. The molecule has 5 aliphatic rings. The molecular formula is C113H119N25O8. The van der Waals surface area contributed by atoms with Gasteiger partial charge in [-0.3, -0.25) is 50.9 Å². The van der Waals surface area contributed by atoms with Crippen LogP contribution in [0.1, 0.15) is 96.9 Å². The summed E-state index contributed by atoms with van der Waals surface area (Å²) < 4.78 is 26.7. The number of hydrogen-bond acceptors (Lipinski definition) is 24. The molecule has 0 atom stereocenters. The standard InChI is InChI=1S/C24H30N4O4.C23H26N6O.C23H23N5O.C22H21N5O.C21H19N5O/c1-16-12-19(27-9-6-18(7-10-27)25-8-11-29)15-28-23(30)14-20(26-24(16)28)17-4-5-21(31-2)22(13-17)32-3;1-16-13-28-14-17(4-6-21(28)24-16)20-12-23(30)29-15-19(5-7-22(29)25-20)27-10-8-18(9-11-27)26(2)3;1-3-26-10-8-17(9-11-26)18-4-7-22-25-20(12-23(29)28(22)15-18)19-5-6-21-24-16(2)13-27(21)14-19;1-15-12-26-13-18(4-5-20(26)23-15)19-11-22(28)27-14-17(3-6-21(27)24-19)16-7-9-25(2)10-8-16;1-14-11-25-12-17(3-4-19(25)23-14)18-10-21(27)26-13-16(2-5-20(26)24-18)15-6-8-22-9-7-15/h4-5,12-15,18,25,29H,6-11H2,1-3H3;4-7,12-15,18H,8-11H2,1-3H3;4-8,12-15H,3,9-11H2,1-2H3;3-7,11-14H,8-10H2,1-2H3;2-6,10-13,22H,7-9H2,1H3. The lowest BCUT2D eigenvalue weighted by Gasteiger charge is -2.36. The van der Waals surface area contributed by atoms with Gasteiger partial charge in [0.05, 0.1) is 83.4 Å². The average Bonchev–Trinajstić information content (AvgIpc) is 1.60. The van der Waals surface area contributed by atoms with E-state index < -0.39 is 0 Å². The van der Waals surface area contributed by atoms with E-state index in [1.54, 1.807) is 66.6 Å². The Hall–Kier alpha value is -16.0. The quantitative estimate of drug-likeness (QED) is 0.0762. The summed E-state index contributed by atoms with van der Waals surface area (Å²) in [5, 5.41) is 15.7. The largest absolute Gasteiger partial charge is 0.493 e. The maximum Gasteiger partial charge on any atom is 0.258 e. The van der Waals surface area contributed by atoms with Crippen LogP contribution in [0.5, 0.6) is 11.5 Å². The molecule has 146 heavy (non-hydrogen) atoms. The first-order valence-corrected chi connectivity index (χ1v) is 49.8. The fourth-order valence-electron chi connectivity index (χ4n) is 19.9. The third-order valence-corrected chi connectivity index (χ3v) is 28.0. The summed E-state index contributed by atoms with van der Waals surface area (Å²) >= 11 is 0. The second-order valence-corrected chi connectivity index (χ2v) is 38.3. The number of ether oxygens (including phenoxy) is 2. The van der Waals surface area contributed by atoms with Crippen LogP contribution < -0.4 is 57.7 Å². The Morgan fingerprint density at radius 1 is 0.384 bits per heavy atom. The van der Waals surface area contributed by atoms with E-state index in [0.717, 1.165) is 224 Å². The summed E-state index contributed by atoms with van der Waals surface area (Å²) in [4.78, 5) is 117. The van der Waals surface area contributed by atoms with E-state index in [4.69, 9.17) is 39.5 Å². The summed E-state index contributed by atoms with van der Waals surface area (Å²) in [5.74, 6) is 1.22. The maximum atomic E-state index is 13.0. The predicted octanol–water partition coefficient (Wildman–Crippen LogP) is 14.2. The molecule has 33 nitrogen and oxygen atoms in total. The van der Waals surface area contributed by atoms with Gasteiger partial charge in [-0.25, -0.2) is 44.9 Å². The molecule has 0 aliphatic carbocycles. The Labute approximate surface area is 842 Å². The fourth-order valence-corrected chi connectivity index (χ4v) is 19.9. The van der Waals surface area contributed by atoms with Gasteiger partial charge in [-0.05, 0) is 274 Å². The zero-order valence-corrected chi connectivity index (χ0v) is 84.1. The van der Waals surface area contributed by atoms with Gasteiger partial charge < -0.3 is 62.4 Å². The van der Waals surface area contributed by atoms with Crippen LogP contribution >= 0.6 is 0 Å². The Bertz CT molecular complexity index is 8610. The number of methoxy groups -OCH3 is 2. The zero-order valence-electron chi connectivity index (χ0n) is 84.1. The van der Waals surface area contributed by atoms with E-state index in [2.05, 4.69) is 126 Å². The topological polar surface area (TPSA) is 320 Å². The van der Waals surface area contributed by atoms with E-state index >= 15 is 0 Å². The number of aliphatic hydroxyl groups is 1. The van der Waals surface area contributed by atoms with Crippen molar-refractivity contribution in [1.29, 1.82) is 0 Å². The van der Waals surface area contributed by atoms with Crippen molar-refractivity contribution in [2.24, 2.45) is 0 Å². The molecule has 24 rings (SSSR count). The highest BCUT2D eigenvalue weighted by Gasteiger charge is 2.26. The number of imidazole rings is 4. The highest BCUT2D eigenvalue weighted by Crippen LogP contribution is 2.35. The molecule has 3 N–H and O–H groups in total. The number of piperidine rings is 2. The molecule has 2 fully saturated rings. The van der Waals surface area contributed by atoms with Crippen LogP contribution in [-0.2, 0) is 0 Å². The van der Waals surface area contributed by atoms with Crippen molar-refractivity contribution in [2.75, 3.05) is 130 Å². The van der Waals surface area contributed by atoms with Crippen LogP contribution in [0, 0.1) is 34.6 Å². The summed E-state index contributed by atoms with van der Waals surface area (Å²) in [6.45, 7) is 23.5. The molecule has 19 aromatic rings. The van der Waals surface area contributed by atoms with Gasteiger partial charge in [-0.1, -0.05) is 25.2 Å². The van der Waals surface area contributed by atoms with Crippen molar-refractivity contribution in [1.82, 2.24) is 110 Å². The summed E-state index contributed by atoms with van der Waals surface area (Å²) in [6.07, 6.45) is 39.2. The van der Waals surface area contributed by atoms with Crippen LogP contribution in [0.3, 0.4) is 0 Å². The van der Waals surface area contributed by atoms with Crippen LogP contribution in [0.2, 0.25) is 0 Å². The van der Waals surface area contributed by atoms with Crippen molar-refractivity contribution in [3.8, 4) is 67.8 Å². The first kappa shape index (κ1) is 97.4. The Morgan fingerprint density at radius 3 is 1.18 bits per heavy atom. The summed E-state index contributed by atoms with van der Waals surface area (Å²) in [5.41, 5.74) is 28.1. The molecule has 23 heterocycles. The lowest BCUT2D eigenvalue weighted by Crippen LogP contribution is -2.43. The number of fused-ring (bicyclic) bond motifs is 9. The number of anilines is 2. The number of pyridine rings is 9. The number of aromatic nitrogens is 18. The maximum absolute atomic E-state index is 13.0. The number of nitrogens with one attached hydrogen (secondary N) is 2. The monoisotopic (exact) mass is 1950 g/mol. The zero-order chi connectivity index (χ0) is 101. The normalized spacial score (nSPS) is 15.1. The first-order chi connectivity index (χ1) is 70.8. The number of likely N-dealkylation sites (N-methyl/N-ethyl adjacent to an activating group) is 2. The van der Waals surface area contributed by atoms with Crippen molar-refractivity contribution in [3.05, 3.63) is 347 Å². The van der Waals surface area contributed by atoms with Crippen molar-refractivity contribution < 1.29 is 14.6 Å². The highest BCUT2D eigenvalue weighted by molar-refractivity contribution is 5.75. The molecule has 18 aromatic heterocycles.